The highest BCUT2D eigenvalue weighted by Gasteiger charge is 2.22. The number of benzene rings is 1. The average molecular weight is 247 g/mol. The average Bonchev–Trinajstić information content (AvgIpc) is 2.81. The molecule has 2 unspecified atom stereocenters. The van der Waals surface area contributed by atoms with Crippen LogP contribution in [0.15, 0.2) is 30.3 Å². The fourth-order valence-electron chi connectivity index (χ4n) is 2.72. The first-order valence-electron chi connectivity index (χ1n) is 7.25. The molecule has 100 valence electrons. The normalized spacial score (nSPS) is 23.2. The molecule has 1 aromatic rings. The minimum atomic E-state index is 0.803. The summed E-state index contributed by atoms with van der Waals surface area (Å²) in [7, 11) is 0. The fourth-order valence-corrected chi connectivity index (χ4v) is 2.72. The molecule has 0 aromatic heterocycles. The first-order valence-corrected chi connectivity index (χ1v) is 7.25. The summed E-state index contributed by atoms with van der Waals surface area (Å²) in [5.41, 5.74) is 0. The van der Waals surface area contributed by atoms with E-state index in [9.17, 15) is 0 Å². The summed E-state index contributed by atoms with van der Waals surface area (Å²) >= 11 is 0. The predicted molar refractivity (Wildman–Crippen MR) is 75.9 cm³/mol. The highest BCUT2D eigenvalue weighted by Crippen LogP contribution is 2.30. The van der Waals surface area contributed by atoms with Crippen LogP contribution in [-0.2, 0) is 0 Å². The second kappa shape index (κ2) is 7.42. The van der Waals surface area contributed by atoms with Crippen LogP contribution in [0.25, 0.3) is 0 Å². The van der Waals surface area contributed by atoms with Crippen molar-refractivity contribution in [1.82, 2.24) is 5.32 Å². The lowest BCUT2D eigenvalue weighted by atomic mass is 9.98. The minimum absolute atomic E-state index is 0.803. The summed E-state index contributed by atoms with van der Waals surface area (Å²) in [6.07, 6.45) is 5.33. The van der Waals surface area contributed by atoms with Crippen molar-refractivity contribution in [2.24, 2.45) is 11.8 Å². The highest BCUT2D eigenvalue weighted by atomic mass is 16.5. The number of rotatable bonds is 7. The third kappa shape index (κ3) is 4.34. The molecule has 1 fully saturated rings. The fraction of sp³-hybridized carbons (Fsp3) is 0.625. The van der Waals surface area contributed by atoms with Gasteiger partial charge in [0.2, 0.25) is 0 Å². The molecule has 0 heterocycles. The Labute approximate surface area is 111 Å². The van der Waals surface area contributed by atoms with E-state index in [1.165, 1.54) is 25.8 Å². The van der Waals surface area contributed by atoms with E-state index in [4.69, 9.17) is 4.74 Å². The van der Waals surface area contributed by atoms with E-state index in [1.807, 2.05) is 30.3 Å². The first kappa shape index (κ1) is 13.4. The molecule has 0 spiro atoms. The van der Waals surface area contributed by atoms with E-state index in [2.05, 4.69) is 12.2 Å². The Balaban J connectivity index is 1.49. The van der Waals surface area contributed by atoms with Crippen LogP contribution in [0.4, 0.5) is 0 Å². The van der Waals surface area contributed by atoms with Crippen molar-refractivity contribution >= 4 is 0 Å². The van der Waals surface area contributed by atoms with Crippen LogP contribution in [0.1, 0.15) is 32.6 Å². The van der Waals surface area contributed by atoms with Gasteiger partial charge in [0.25, 0.3) is 0 Å². The summed E-state index contributed by atoms with van der Waals surface area (Å²) in [5, 5.41) is 3.56. The Morgan fingerprint density at radius 1 is 1.22 bits per heavy atom. The van der Waals surface area contributed by atoms with Gasteiger partial charge in [0.15, 0.2) is 0 Å². The largest absolute Gasteiger partial charge is 0.494 e. The Bertz CT molecular complexity index is 325. The minimum Gasteiger partial charge on any atom is -0.494 e. The van der Waals surface area contributed by atoms with Gasteiger partial charge in [-0.1, -0.05) is 38.0 Å². The summed E-state index contributed by atoms with van der Waals surface area (Å²) in [6, 6.07) is 10.0. The van der Waals surface area contributed by atoms with Crippen LogP contribution < -0.4 is 10.1 Å². The van der Waals surface area contributed by atoms with Crippen LogP contribution in [0.5, 0.6) is 5.75 Å². The summed E-state index contributed by atoms with van der Waals surface area (Å²) in [4.78, 5) is 0. The van der Waals surface area contributed by atoms with Gasteiger partial charge in [-0.25, -0.2) is 0 Å². The van der Waals surface area contributed by atoms with E-state index in [0.717, 1.165) is 37.2 Å². The van der Waals surface area contributed by atoms with Crippen molar-refractivity contribution in [2.45, 2.75) is 32.6 Å². The lowest BCUT2D eigenvalue weighted by Gasteiger charge is -2.15. The molecule has 1 saturated carbocycles. The zero-order valence-electron chi connectivity index (χ0n) is 11.4. The molecule has 0 bridgehead atoms. The molecule has 2 nitrogen and oxygen atoms in total. The van der Waals surface area contributed by atoms with Gasteiger partial charge in [-0.3, -0.25) is 0 Å². The molecule has 0 amide bonds. The molecule has 0 radical (unpaired) electrons. The smallest absolute Gasteiger partial charge is 0.119 e. The summed E-state index contributed by atoms with van der Waals surface area (Å²) < 4.78 is 5.66. The molecule has 1 aromatic carbocycles. The maximum absolute atomic E-state index is 5.66. The number of nitrogens with one attached hydrogen (secondary N) is 1. The SMILES string of the molecule is CC1CCCC1CNCCCOc1ccccc1. The van der Waals surface area contributed by atoms with Crippen LogP contribution >= 0.6 is 0 Å². The Morgan fingerprint density at radius 3 is 2.78 bits per heavy atom. The van der Waals surface area contributed by atoms with Gasteiger partial charge in [-0.2, -0.15) is 0 Å². The molecule has 1 aliphatic carbocycles. The molecule has 2 atom stereocenters. The van der Waals surface area contributed by atoms with Gasteiger partial charge in [-0.15, -0.1) is 0 Å². The first-order chi connectivity index (χ1) is 8.86. The van der Waals surface area contributed by atoms with E-state index in [1.54, 1.807) is 0 Å². The molecular weight excluding hydrogens is 222 g/mol. The lowest BCUT2D eigenvalue weighted by molar-refractivity contribution is 0.303. The molecule has 2 heteroatoms. The van der Waals surface area contributed by atoms with Crippen LogP contribution in [0.2, 0.25) is 0 Å². The molecule has 0 saturated heterocycles. The maximum atomic E-state index is 5.66. The highest BCUT2D eigenvalue weighted by molar-refractivity contribution is 5.20. The van der Waals surface area contributed by atoms with Gasteiger partial charge < -0.3 is 10.1 Å². The molecule has 2 rings (SSSR count). The van der Waals surface area contributed by atoms with Crippen molar-refractivity contribution in [3.63, 3.8) is 0 Å². The second-order valence-corrected chi connectivity index (χ2v) is 5.39. The van der Waals surface area contributed by atoms with Crippen LogP contribution in [0.3, 0.4) is 0 Å². The number of hydrogen-bond donors (Lipinski definition) is 1. The van der Waals surface area contributed by atoms with E-state index in [0.29, 0.717) is 0 Å². The second-order valence-electron chi connectivity index (χ2n) is 5.39. The number of hydrogen-bond acceptors (Lipinski definition) is 2. The summed E-state index contributed by atoms with van der Waals surface area (Å²) in [6.45, 7) is 5.44. The van der Waals surface area contributed by atoms with Crippen molar-refractivity contribution in [3.8, 4) is 5.75 Å². The predicted octanol–water partition coefficient (Wildman–Crippen LogP) is 3.48. The van der Waals surface area contributed by atoms with Gasteiger partial charge >= 0.3 is 0 Å². The Kier molecular flexibility index (Phi) is 5.53. The number of ether oxygens (including phenoxy) is 1. The van der Waals surface area contributed by atoms with Gasteiger partial charge in [0, 0.05) is 0 Å². The Morgan fingerprint density at radius 2 is 2.06 bits per heavy atom. The third-order valence-corrected chi connectivity index (χ3v) is 3.96. The molecule has 1 N–H and O–H groups in total. The molecule has 0 aliphatic heterocycles. The van der Waals surface area contributed by atoms with Crippen molar-refractivity contribution in [1.29, 1.82) is 0 Å². The van der Waals surface area contributed by atoms with Crippen molar-refractivity contribution in [3.05, 3.63) is 30.3 Å². The standard InChI is InChI=1S/C16H25NO/c1-14-7-5-8-15(14)13-17-11-6-12-18-16-9-3-2-4-10-16/h2-4,9-10,14-15,17H,5-8,11-13H2,1H3. The van der Waals surface area contributed by atoms with E-state index < -0.39 is 0 Å². The molecule has 18 heavy (non-hydrogen) atoms. The maximum Gasteiger partial charge on any atom is 0.119 e. The molecule has 1 aliphatic rings. The van der Waals surface area contributed by atoms with E-state index >= 15 is 0 Å². The zero-order valence-corrected chi connectivity index (χ0v) is 11.4. The zero-order chi connectivity index (χ0) is 12.6. The van der Waals surface area contributed by atoms with E-state index in [-0.39, 0.29) is 0 Å². The van der Waals surface area contributed by atoms with Crippen molar-refractivity contribution < 1.29 is 4.74 Å². The van der Waals surface area contributed by atoms with Crippen LogP contribution in [-0.4, -0.2) is 19.7 Å². The van der Waals surface area contributed by atoms with Gasteiger partial charge in [0.05, 0.1) is 6.61 Å². The third-order valence-electron chi connectivity index (χ3n) is 3.96. The lowest BCUT2D eigenvalue weighted by Crippen LogP contribution is -2.26. The Hall–Kier alpha value is -1.02. The quantitative estimate of drug-likeness (QED) is 0.745. The monoisotopic (exact) mass is 247 g/mol. The summed E-state index contributed by atoms with van der Waals surface area (Å²) in [5.74, 6) is 2.79. The molecular formula is C16H25NO. The van der Waals surface area contributed by atoms with Crippen molar-refractivity contribution in [2.75, 3.05) is 19.7 Å². The topological polar surface area (TPSA) is 21.3 Å². The van der Waals surface area contributed by atoms with Gasteiger partial charge in [0.1, 0.15) is 5.75 Å². The number of para-hydroxylation sites is 1. The van der Waals surface area contributed by atoms with Gasteiger partial charge in [-0.05, 0) is 49.9 Å². The van der Waals surface area contributed by atoms with Crippen LogP contribution in [0, 0.1) is 11.8 Å².